The van der Waals surface area contributed by atoms with E-state index in [1.54, 1.807) is 0 Å². The highest BCUT2D eigenvalue weighted by atomic mass is 28.4. The number of benzene rings is 2. The molecule has 138 valence electrons. The normalized spacial score (nSPS) is 20.8. The molecule has 0 saturated carbocycles. The van der Waals surface area contributed by atoms with Gasteiger partial charge in [-0.15, -0.1) is 0 Å². The van der Waals surface area contributed by atoms with Gasteiger partial charge in [0, 0.05) is 12.0 Å². The van der Waals surface area contributed by atoms with Crippen LogP contribution >= 0.6 is 0 Å². The first-order chi connectivity index (χ1) is 12.3. The Kier molecular flexibility index (Phi) is 5.09. The third-order valence-electron chi connectivity index (χ3n) is 5.21. The monoisotopic (exact) mass is 368 g/mol. The topological polar surface area (TPSA) is 35.5 Å². The minimum absolute atomic E-state index is 0.0600. The summed E-state index contributed by atoms with van der Waals surface area (Å²) < 4.78 is 12.1. The summed E-state index contributed by atoms with van der Waals surface area (Å²) in [4.78, 5) is 11.7. The van der Waals surface area contributed by atoms with Gasteiger partial charge in [-0.05, 0) is 15.4 Å². The van der Waals surface area contributed by atoms with E-state index in [0.29, 0.717) is 19.6 Å². The first kappa shape index (κ1) is 18.9. The van der Waals surface area contributed by atoms with Crippen LogP contribution in [-0.2, 0) is 14.0 Å². The van der Waals surface area contributed by atoms with Gasteiger partial charge < -0.3 is 9.16 Å². The maximum atomic E-state index is 11.7. The summed E-state index contributed by atoms with van der Waals surface area (Å²) in [6, 6.07) is 21.1. The van der Waals surface area contributed by atoms with Crippen LogP contribution < -0.4 is 10.4 Å². The third kappa shape index (κ3) is 3.48. The Bertz CT molecular complexity index is 712. The van der Waals surface area contributed by atoms with E-state index in [9.17, 15) is 4.79 Å². The zero-order valence-corrected chi connectivity index (χ0v) is 17.1. The van der Waals surface area contributed by atoms with Gasteiger partial charge in [0.2, 0.25) is 0 Å². The van der Waals surface area contributed by atoms with Crippen LogP contribution in [0.25, 0.3) is 0 Å². The van der Waals surface area contributed by atoms with E-state index in [1.807, 2.05) is 12.1 Å². The fourth-order valence-electron chi connectivity index (χ4n) is 3.84. The second-order valence-electron chi connectivity index (χ2n) is 8.60. The molecule has 1 saturated heterocycles. The molecule has 0 aromatic heterocycles. The highest BCUT2D eigenvalue weighted by Gasteiger charge is 2.51. The highest BCUT2D eigenvalue weighted by Crippen LogP contribution is 2.39. The van der Waals surface area contributed by atoms with Gasteiger partial charge in [0.25, 0.3) is 8.32 Å². The van der Waals surface area contributed by atoms with Crippen molar-refractivity contribution in [1.29, 1.82) is 0 Å². The Morgan fingerprint density at radius 2 is 1.50 bits per heavy atom. The first-order valence-electron chi connectivity index (χ1n) is 9.18. The van der Waals surface area contributed by atoms with Crippen LogP contribution in [-0.4, -0.2) is 27.5 Å². The van der Waals surface area contributed by atoms with E-state index >= 15 is 0 Å². The molecule has 2 aromatic carbocycles. The number of carbonyl (C=O) groups excluding carboxylic acids is 1. The minimum atomic E-state index is -2.55. The lowest BCUT2D eigenvalue weighted by Crippen LogP contribution is -2.67. The molecule has 0 aliphatic carbocycles. The summed E-state index contributed by atoms with van der Waals surface area (Å²) in [5.74, 6) is -0.126. The van der Waals surface area contributed by atoms with E-state index in [2.05, 4.69) is 76.2 Å². The molecule has 26 heavy (non-hydrogen) atoms. The van der Waals surface area contributed by atoms with Crippen LogP contribution in [0, 0.1) is 5.41 Å². The quantitative estimate of drug-likeness (QED) is 0.598. The Morgan fingerprint density at radius 1 is 1.00 bits per heavy atom. The summed E-state index contributed by atoms with van der Waals surface area (Å²) >= 11 is 0. The average molecular weight is 369 g/mol. The average Bonchev–Trinajstić information content (AvgIpc) is 2.95. The Balaban J connectivity index is 2.07. The van der Waals surface area contributed by atoms with Gasteiger partial charge in [0.15, 0.2) is 0 Å². The van der Waals surface area contributed by atoms with Crippen LogP contribution in [0.1, 0.15) is 34.1 Å². The maximum absolute atomic E-state index is 11.7. The lowest BCUT2D eigenvalue weighted by atomic mass is 9.91. The largest absolute Gasteiger partial charge is 0.465 e. The second kappa shape index (κ2) is 7.01. The number of cyclic esters (lactones) is 1. The zero-order chi connectivity index (χ0) is 18.8. The molecule has 3 rings (SSSR count). The molecule has 1 fully saturated rings. The van der Waals surface area contributed by atoms with Crippen molar-refractivity contribution in [2.45, 2.75) is 39.2 Å². The van der Waals surface area contributed by atoms with Crippen molar-refractivity contribution in [2.24, 2.45) is 5.41 Å². The van der Waals surface area contributed by atoms with Crippen molar-refractivity contribution < 1.29 is 14.0 Å². The van der Waals surface area contributed by atoms with Crippen molar-refractivity contribution in [2.75, 3.05) is 13.2 Å². The molecule has 2 aromatic rings. The lowest BCUT2D eigenvalue weighted by Gasteiger charge is -2.44. The third-order valence-corrected chi connectivity index (χ3v) is 10.2. The first-order valence-corrected chi connectivity index (χ1v) is 11.1. The van der Waals surface area contributed by atoms with Crippen molar-refractivity contribution in [3.8, 4) is 0 Å². The molecule has 0 amide bonds. The number of esters is 1. The predicted octanol–water partition coefficient (Wildman–Crippen LogP) is 3.52. The van der Waals surface area contributed by atoms with Crippen LogP contribution in [0.5, 0.6) is 0 Å². The van der Waals surface area contributed by atoms with Crippen molar-refractivity contribution >= 4 is 24.7 Å². The smallest absolute Gasteiger partial charge is 0.306 e. The van der Waals surface area contributed by atoms with E-state index in [-0.39, 0.29) is 16.4 Å². The molecule has 0 bridgehead atoms. The SMILES string of the molecule is CC(C)(C)[Si](OC[C@]1(C)COC(=O)C1)(c1ccccc1)c1ccccc1. The van der Waals surface area contributed by atoms with Gasteiger partial charge in [-0.25, -0.2) is 0 Å². The fourth-order valence-corrected chi connectivity index (χ4v) is 8.56. The van der Waals surface area contributed by atoms with Gasteiger partial charge >= 0.3 is 5.97 Å². The molecule has 1 heterocycles. The molecule has 1 aliphatic rings. The van der Waals surface area contributed by atoms with Crippen LogP contribution in [0.15, 0.2) is 60.7 Å². The van der Waals surface area contributed by atoms with Crippen molar-refractivity contribution in [3.63, 3.8) is 0 Å². The van der Waals surface area contributed by atoms with Crippen molar-refractivity contribution in [3.05, 3.63) is 60.7 Å². The summed E-state index contributed by atoms with van der Waals surface area (Å²) in [5.41, 5.74) is -0.260. The van der Waals surface area contributed by atoms with Gasteiger partial charge in [0.05, 0.1) is 13.0 Å². The van der Waals surface area contributed by atoms with Crippen molar-refractivity contribution in [1.82, 2.24) is 0 Å². The molecule has 0 spiro atoms. The van der Waals surface area contributed by atoms with E-state index in [4.69, 9.17) is 9.16 Å². The van der Waals surface area contributed by atoms with E-state index in [1.165, 1.54) is 10.4 Å². The lowest BCUT2D eigenvalue weighted by molar-refractivity contribution is -0.137. The summed E-state index contributed by atoms with van der Waals surface area (Å²) in [7, 11) is -2.55. The highest BCUT2D eigenvalue weighted by molar-refractivity contribution is 6.99. The molecule has 4 heteroatoms. The molecular weight excluding hydrogens is 340 g/mol. The molecule has 1 atom stereocenters. The number of hydrogen-bond acceptors (Lipinski definition) is 3. The number of carbonyl (C=O) groups is 1. The van der Waals surface area contributed by atoms with Crippen LogP contribution in [0.4, 0.5) is 0 Å². The summed E-state index contributed by atoms with van der Waals surface area (Å²) in [6.45, 7) is 9.82. The Morgan fingerprint density at radius 3 is 1.88 bits per heavy atom. The number of hydrogen-bond donors (Lipinski definition) is 0. The molecular formula is C22H28O3Si. The molecule has 1 aliphatic heterocycles. The van der Waals surface area contributed by atoms with Gasteiger partial charge in [0.1, 0.15) is 0 Å². The van der Waals surface area contributed by atoms with Crippen LogP contribution in [0.3, 0.4) is 0 Å². The molecule has 3 nitrogen and oxygen atoms in total. The minimum Gasteiger partial charge on any atom is -0.465 e. The summed E-state index contributed by atoms with van der Waals surface area (Å²) in [5, 5.41) is 2.45. The van der Waals surface area contributed by atoms with Gasteiger partial charge in [-0.2, -0.15) is 0 Å². The Hall–Kier alpha value is -1.91. The maximum Gasteiger partial charge on any atom is 0.306 e. The Labute approximate surface area is 157 Å². The number of ether oxygens (including phenoxy) is 1. The number of rotatable bonds is 5. The van der Waals surface area contributed by atoms with Gasteiger partial charge in [-0.3, -0.25) is 4.79 Å². The molecule has 0 N–H and O–H groups in total. The second-order valence-corrected chi connectivity index (χ2v) is 12.9. The zero-order valence-electron chi connectivity index (χ0n) is 16.1. The predicted molar refractivity (Wildman–Crippen MR) is 107 cm³/mol. The van der Waals surface area contributed by atoms with Gasteiger partial charge in [-0.1, -0.05) is 88.4 Å². The van der Waals surface area contributed by atoms with E-state index < -0.39 is 8.32 Å². The summed E-state index contributed by atoms with van der Waals surface area (Å²) in [6.07, 6.45) is 0.422. The van der Waals surface area contributed by atoms with E-state index in [0.717, 1.165) is 0 Å². The molecule has 0 radical (unpaired) electrons. The molecule has 0 unspecified atom stereocenters. The fraction of sp³-hybridized carbons (Fsp3) is 0.409. The van der Waals surface area contributed by atoms with Crippen LogP contribution in [0.2, 0.25) is 5.04 Å². The standard InChI is InChI=1S/C22H28O3Si/c1-21(2,3)26(18-11-7-5-8-12-18,19-13-9-6-10-14-19)25-17-22(4)15-20(23)24-16-22/h5-14H,15-17H2,1-4H3/t22-/m0/s1.